The minimum Gasteiger partial charge on any atom is -0.336 e. The Hall–Kier alpha value is -1.88. The van der Waals surface area contributed by atoms with E-state index in [-0.39, 0.29) is 10.6 Å². The number of anilines is 2. The number of rotatable bonds is 3. The molecule has 1 heterocycles. The lowest BCUT2D eigenvalue weighted by Gasteiger charge is -2.31. The number of benzene rings is 2. The Labute approximate surface area is 131 Å². The van der Waals surface area contributed by atoms with E-state index in [4.69, 9.17) is 0 Å². The lowest BCUT2D eigenvalue weighted by molar-refractivity contribution is -0.384. The molecule has 4 nitrogen and oxygen atoms in total. The first kappa shape index (κ1) is 14.1. The van der Waals surface area contributed by atoms with Crippen LogP contribution >= 0.6 is 15.9 Å². The van der Waals surface area contributed by atoms with Gasteiger partial charge in [0.25, 0.3) is 5.69 Å². The zero-order chi connectivity index (χ0) is 14.8. The summed E-state index contributed by atoms with van der Waals surface area (Å²) in [4.78, 5) is 13.2. The molecule has 1 aliphatic rings. The van der Waals surface area contributed by atoms with Gasteiger partial charge in [-0.2, -0.15) is 0 Å². The molecule has 0 atom stereocenters. The van der Waals surface area contributed by atoms with Crippen LogP contribution in [0.25, 0.3) is 0 Å². The summed E-state index contributed by atoms with van der Waals surface area (Å²) in [6.07, 6.45) is 2.04. The summed E-state index contributed by atoms with van der Waals surface area (Å²) in [6, 6.07) is 13.6. The predicted molar refractivity (Wildman–Crippen MR) is 87.5 cm³/mol. The molecule has 2 aromatic carbocycles. The highest BCUT2D eigenvalue weighted by atomic mass is 79.9. The minimum atomic E-state index is -0.293. The number of nitro groups is 1. The second-order valence-corrected chi connectivity index (χ2v) is 5.66. The average Bonchev–Trinajstić information content (AvgIpc) is 2.53. The molecule has 0 spiro atoms. The smallest absolute Gasteiger partial charge is 0.293 e. The van der Waals surface area contributed by atoms with E-state index in [1.807, 2.05) is 30.3 Å². The zero-order valence-electron chi connectivity index (χ0n) is 11.5. The van der Waals surface area contributed by atoms with Gasteiger partial charge in [-0.3, -0.25) is 10.1 Å². The van der Waals surface area contributed by atoms with Crippen molar-refractivity contribution in [2.24, 2.45) is 0 Å². The Kier molecular flexibility index (Phi) is 3.92. The zero-order valence-corrected chi connectivity index (χ0v) is 13.0. The van der Waals surface area contributed by atoms with E-state index < -0.39 is 0 Å². The van der Waals surface area contributed by atoms with Crippen LogP contribution in [0.3, 0.4) is 0 Å². The van der Waals surface area contributed by atoms with Crippen LogP contribution in [-0.2, 0) is 11.8 Å². The second-order valence-electron chi connectivity index (χ2n) is 5.10. The largest absolute Gasteiger partial charge is 0.336 e. The topological polar surface area (TPSA) is 46.4 Å². The first-order valence-electron chi connectivity index (χ1n) is 6.89. The molecule has 1 aliphatic heterocycles. The van der Waals surface area contributed by atoms with Crippen LogP contribution in [0.2, 0.25) is 0 Å². The van der Waals surface area contributed by atoms with Crippen LogP contribution in [0.5, 0.6) is 0 Å². The summed E-state index contributed by atoms with van der Waals surface area (Å²) >= 11 is 3.35. The molecule has 0 N–H and O–H groups in total. The maximum absolute atomic E-state index is 11.4. The normalized spacial score (nSPS) is 13.9. The first-order valence-corrected chi connectivity index (χ1v) is 8.01. The summed E-state index contributed by atoms with van der Waals surface area (Å²) in [5.74, 6) is 0. The molecule has 0 radical (unpaired) electrons. The van der Waals surface area contributed by atoms with E-state index in [1.165, 1.54) is 5.56 Å². The van der Waals surface area contributed by atoms with Crippen molar-refractivity contribution in [2.45, 2.75) is 18.2 Å². The Morgan fingerprint density at radius 1 is 1.19 bits per heavy atom. The fraction of sp³-hybridized carbons (Fsp3) is 0.250. The number of hydrogen-bond acceptors (Lipinski definition) is 3. The number of nitrogens with zero attached hydrogens (tertiary/aromatic N) is 2. The summed E-state index contributed by atoms with van der Waals surface area (Å²) in [5, 5.41) is 12.0. The van der Waals surface area contributed by atoms with Gasteiger partial charge in [0.15, 0.2) is 0 Å². The highest BCUT2D eigenvalue weighted by Crippen LogP contribution is 2.38. The van der Waals surface area contributed by atoms with Gasteiger partial charge in [0.2, 0.25) is 0 Å². The monoisotopic (exact) mass is 346 g/mol. The number of hydrogen-bond donors (Lipinski definition) is 0. The number of halogens is 1. The predicted octanol–water partition coefficient (Wildman–Crippen LogP) is 4.57. The van der Waals surface area contributed by atoms with E-state index in [2.05, 4.69) is 26.9 Å². The van der Waals surface area contributed by atoms with Crippen LogP contribution in [0.1, 0.15) is 17.5 Å². The van der Waals surface area contributed by atoms with Gasteiger partial charge in [-0.1, -0.05) is 40.2 Å². The van der Waals surface area contributed by atoms with E-state index in [1.54, 1.807) is 6.07 Å². The fourth-order valence-electron chi connectivity index (χ4n) is 2.81. The number of fused-ring (bicyclic) bond motifs is 1. The molecule has 21 heavy (non-hydrogen) atoms. The number of nitro benzene ring substituents is 1. The van der Waals surface area contributed by atoms with Crippen molar-refractivity contribution in [2.75, 3.05) is 11.4 Å². The van der Waals surface area contributed by atoms with Crippen molar-refractivity contribution >= 4 is 33.0 Å². The van der Waals surface area contributed by atoms with Gasteiger partial charge in [-0.25, -0.2) is 0 Å². The van der Waals surface area contributed by atoms with Crippen LogP contribution in [0.15, 0.2) is 42.5 Å². The fourth-order valence-corrected chi connectivity index (χ4v) is 3.16. The van der Waals surface area contributed by atoms with Crippen molar-refractivity contribution in [1.29, 1.82) is 0 Å². The Balaban J connectivity index is 2.11. The van der Waals surface area contributed by atoms with Crippen LogP contribution in [-0.4, -0.2) is 11.5 Å². The lowest BCUT2D eigenvalue weighted by atomic mass is 10.0. The van der Waals surface area contributed by atoms with Crippen molar-refractivity contribution in [3.8, 4) is 0 Å². The second kappa shape index (κ2) is 5.85. The molecule has 0 aliphatic carbocycles. The summed E-state index contributed by atoms with van der Waals surface area (Å²) in [6.45, 7) is 0.811. The molecule has 0 unspecified atom stereocenters. The van der Waals surface area contributed by atoms with Crippen molar-refractivity contribution < 1.29 is 4.92 Å². The third-order valence-corrected chi connectivity index (χ3v) is 4.44. The molecule has 3 rings (SSSR count). The molecule has 2 aromatic rings. The Morgan fingerprint density at radius 3 is 2.76 bits per heavy atom. The van der Waals surface area contributed by atoms with Crippen LogP contribution < -0.4 is 4.90 Å². The third-order valence-electron chi connectivity index (χ3n) is 3.79. The Bertz CT molecular complexity index is 688. The van der Waals surface area contributed by atoms with Crippen LogP contribution in [0, 0.1) is 10.1 Å². The van der Waals surface area contributed by atoms with Crippen LogP contribution in [0.4, 0.5) is 17.1 Å². The van der Waals surface area contributed by atoms with Crippen molar-refractivity contribution in [3.05, 3.63) is 63.7 Å². The maximum atomic E-state index is 11.4. The van der Waals surface area contributed by atoms with Gasteiger partial charge in [0, 0.05) is 23.6 Å². The molecule has 0 saturated heterocycles. The molecule has 108 valence electrons. The van der Waals surface area contributed by atoms with E-state index >= 15 is 0 Å². The SMILES string of the molecule is O=[N+]([O-])c1cc(CBr)ccc1N1CCCc2ccccc21. The summed E-state index contributed by atoms with van der Waals surface area (Å²) in [7, 11) is 0. The van der Waals surface area contributed by atoms with Gasteiger partial charge < -0.3 is 4.90 Å². The third kappa shape index (κ3) is 2.65. The molecule has 0 saturated carbocycles. The average molecular weight is 347 g/mol. The number of para-hydroxylation sites is 1. The number of alkyl halides is 1. The highest BCUT2D eigenvalue weighted by Gasteiger charge is 2.24. The maximum Gasteiger partial charge on any atom is 0.293 e. The summed E-state index contributed by atoms with van der Waals surface area (Å²) in [5.41, 5.74) is 4.09. The van der Waals surface area contributed by atoms with Crippen molar-refractivity contribution in [3.63, 3.8) is 0 Å². The molecular weight excluding hydrogens is 332 g/mol. The molecular formula is C16H15BrN2O2. The quantitative estimate of drug-likeness (QED) is 0.464. The molecule has 0 aromatic heterocycles. The molecule has 0 bridgehead atoms. The standard InChI is InChI=1S/C16H15BrN2O2/c17-11-12-7-8-15(16(10-12)19(20)21)18-9-3-5-13-4-1-2-6-14(13)18/h1-2,4,6-8,10H,3,5,9,11H2. The van der Waals surface area contributed by atoms with Crippen molar-refractivity contribution in [1.82, 2.24) is 0 Å². The molecule has 0 amide bonds. The highest BCUT2D eigenvalue weighted by molar-refractivity contribution is 9.08. The first-order chi connectivity index (χ1) is 10.2. The van der Waals surface area contributed by atoms with Gasteiger partial charge in [0.05, 0.1) is 4.92 Å². The van der Waals surface area contributed by atoms with E-state index in [0.717, 1.165) is 30.6 Å². The van der Waals surface area contributed by atoms with E-state index in [9.17, 15) is 10.1 Å². The van der Waals surface area contributed by atoms with Gasteiger partial charge >= 0.3 is 0 Å². The number of aryl methyl sites for hydroxylation is 1. The minimum absolute atomic E-state index is 0.170. The summed E-state index contributed by atoms with van der Waals surface area (Å²) < 4.78 is 0. The molecule has 5 heteroatoms. The van der Waals surface area contributed by atoms with Gasteiger partial charge in [0.1, 0.15) is 5.69 Å². The van der Waals surface area contributed by atoms with Gasteiger partial charge in [-0.05, 0) is 36.1 Å². The van der Waals surface area contributed by atoms with Gasteiger partial charge in [-0.15, -0.1) is 0 Å². The van der Waals surface area contributed by atoms with E-state index in [0.29, 0.717) is 11.0 Å². The Morgan fingerprint density at radius 2 is 2.00 bits per heavy atom. The molecule has 0 fully saturated rings. The lowest BCUT2D eigenvalue weighted by Crippen LogP contribution is -2.25.